The minimum absolute atomic E-state index is 0.155. The molecule has 0 saturated carbocycles. The van der Waals surface area contributed by atoms with Crippen LogP contribution in [0.1, 0.15) is 84.4 Å². The zero-order valence-corrected chi connectivity index (χ0v) is 34.3. The van der Waals surface area contributed by atoms with E-state index in [-0.39, 0.29) is 53.5 Å². The number of halogens is 4. The van der Waals surface area contributed by atoms with Gasteiger partial charge in [-0.15, -0.1) is 0 Å². The van der Waals surface area contributed by atoms with Gasteiger partial charge in [0.15, 0.2) is 0 Å². The molecule has 3 atom stereocenters. The number of hydrogen-bond acceptors (Lipinski definition) is 6. The lowest BCUT2D eigenvalue weighted by molar-refractivity contribution is -0.0528. The molecule has 5 aromatic rings. The number of aromatic nitrogens is 3. The van der Waals surface area contributed by atoms with Crippen molar-refractivity contribution in [3.63, 3.8) is 0 Å². The second-order valence-corrected chi connectivity index (χ2v) is 20.5. The summed E-state index contributed by atoms with van der Waals surface area (Å²) < 4.78 is 39.6. The van der Waals surface area contributed by atoms with Crippen LogP contribution in [0.5, 0.6) is 5.88 Å². The Morgan fingerprint density at radius 2 is 1.62 bits per heavy atom. The molecule has 2 amide bonds. The van der Waals surface area contributed by atoms with E-state index in [1.807, 2.05) is 54.9 Å². The minimum atomic E-state index is -3.01. The lowest BCUT2D eigenvalue weighted by atomic mass is 9.96. The number of alkyl halides is 2. The molecule has 0 N–H and O–H groups in total. The third-order valence-electron chi connectivity index (χ3n) is 10.9. The highest BCUT2D eigenvalue weighted by atomic mass is 35.5. The van der Waals surface area contributed by atoms with Crippen molar-refractivity contribution in [3.8, 4) is 5.88 Å². The summed E-state index contributed by atoms with van der Waals surface area (Å²) in [4.78, 5) is 36.3. The molecule has 9 nitrogen and oxygen atoms in total. The summed E-state index contributed by atoms with van der Waals surface area (Å²) >= 11 is 12.5. The molecule has 0 aliphatic carbocycles. The maximum absolute atomic E-state index is 14.8. The average Bonchev–Trinajstić information content (AvgIpc) is 3.55. The largest absolute Gasteiger partial charge is 0.417 e. The number of carbonyl (C=O) groups excluding carboxylic acids is 2. The Bertz CT molecular complexity index is 2180. The predicted octanol–water partition coefficient (Wildman–Crippen LogP) is 8.11. The van der Waals surface area contributed by atoms with Crippen LogP contribution in [-0.4, -0.2) is 70.5 Å². The van der Waals surface area contributed by atoms with E-state index in [9.17, 15) is 18.4 Å². The van der Waals surface area contributed by atoms with Gasteiger partial charge in [-0.25, -0.2) is 4.98 Å². The van der Waals surface area contributed by atoms with Crippen LogP contribution < -0.4 is 15.1 Å². The van der Waals surface area contributed by atoms with E-state index in [1.54, 1.807) is 34.1 Å². The zero-order valence-electron chi connectivity index (χ0n) is 31.8. The van der Waals surface area contributed by atoms with Gasteiger partial charge in [0.1, 0.15) is 5.69 Å². The van der Waals surface area contributed by atoms with Crippen LogP contribution >= 0.6 is 23.2 Å². The van der Waals surface area contributed by atoms with Gasteiger partial charge in [-0.05, 0) is 53.0 Å². The van der Waals surface area contributed by atoms with Crippen LogP contribution in [0, 0.1) is 0 Å². The maximum Gasteiger partial charge on any atom is 0.388 e. The number of amides is 2. The van der Waals surface area contributed by atoms with Crippen molar-refractivity contribution < 1.29 is 27.5 Å². The molecule has 0 saturated heterocycles. The maximum atomic E-state index is 14.8. The number of carbonyl (C=O) groups is 2. The van der Waals surface area contributed by atoms with Gasteiger partial charge in [0.2, 0.25) is 5.88 Å². The smallest absolute Gasteiger partial charge is 0.388 e. The summed E-state index contributed by atoms with van der Waals surface area (Å²) in [7, 11) is -3.00. The summed E-state index contributed by atoms with van der Waals surface area (Å²) in [5, 5.41) is 7.68. The predicted molar refractivity (Wildman–Crippen MR) is 215 cm³/mol. The standard InChI is InChI=1S/C42H43Cl2F2N5O4Si/c1-26-20-36-33(24-49(26)39(52)28-16-18-34(43)35(44)21-28)38-40(53)50(27(2)29-17-19-37(47-22-29)55-41(45)46)23-30(51(38)48-36)25-54-56(42(3,4)5,31-12-8-6-9-13-31)32-14-10-7-11-15-32/h6-19,21-22,26-27,30,41H,20,23-25H2,1-5H3/t26-,27?,30+/m1/s1. The summed E-state index contributed by atoms with van der Waals surface area (Å²) in [6, 6.07) is 27.3. The third-order valence-corrected chi connectivity index (χ3v) is 16.7. The fraction of sp³-hybridized carbons (Fsp3) is 0.333. The number of nitrogens with zero attached hydrogens (tertiary/aromatic N) is 5. The van der Waals surface area contributed by atoms with Crippen molar-refractivity contribution in [1.82, 2.24) is 24.6 Å². The molecule has 0 bridgehead atoms. The van der Waals surface area contributed by atoms with Crippen LogP contribution in [0.4, 0.5) is 8.78 Å². The van der Waals surface area contributed by atoms with Crippen molar-refractivity contribution in [2.45, 2.75) is 77.4 Å². The van der Waals surface area contributed by atoms with Gasteiger partial charge >= 0.3 is 6.61 Å². The van der Waals surface area contributed by atoms with Crippen molar-refractivity contribution in [3.05, 3.63) is 135 Å². The summed E-state index contributed by atoms with van der Waals surface area (Å²) in [6.45, 7) is 8.11. The zero-order chi connectivity index (χ0) is 39.9. The molecular formula is C42H43Cl2F2N5O4Si. The Labute approximate surface area is 336 Å². The second-order valence-electron chi connectivity index (χ2n) is 15.4. The van der Waals surface area contributed by atoms with Gasteiger partial charge in [-0.1, -0.05) is 111 Å². The number of hydrogen-bond donors (Lipinski definition) is 0. The van der Waals surface area contributed by atoms with Crippen LogP contribution in [0.25, 0.3) is 0 Å². The number of rotatable bonds is 10. The van der Waals surface area contributed by atoms with Crippen LogP contribution in [0.15, 0.2) is 97.2 Å². The van der Waals surface area contributed by atoms with Crippen molar-refractivity contribution in [1.29, 1.82) is 0 Å². The van der Waals surface area contributed by atoms with Crippen LogP contribution in [0.3, 0.4) is 0 Å². The first-order chi connectivity index (χ1) is 26.7. The molecule has 14 heteroatoms. The lowest BCUT2D eigenvalue weighted by Gasteiger charge is -2.45. The molecule has 0 fully saturated rings. The molecule has 2 aliphatic heterocycles. The Balaban J connectivity index is 1.30. The monoisotopic (exact) mass is 817 g/mol. The molecule has 2 aromatic heterocycles. The Morgan fingerprint density at radius 3 is 2.20 bits per heavy atom. The van der Waals surface area contributed by atoms with E-state index >= 15 is 0 Å². The number of benzene rings is 3. The third kappa shape index (κ3) is 7.35. The summed E-state index contributed by atoms with van der Waals surface area (Å²) in [5.74, 6) is -0.721. The fourth-order valence-corrected chi connectivity index (χ4v) is 13.0. The van der Waals surface area contributed by atoms with Crippen molar-refractivity contribution >= 4 is 53.7 Å². The van der Waals surface area contributed by atoms with Crippen molar-refractivity contribution in [2.75, 3.05) is 13.2 Å². The number of fused-ring (bicyclic) bond motifs is 3. The Morgan fingerprint density at radius 1 is 0.964 bits per heavy atom. The second kappa shape index (κ2) is 15.7. The Hall–Kier alpha value is -4.62. The van der Waals surface area contributed by atoms with Gasteiger partial charge in [-0.3, -0.25) is 14.3 Å². The molecule has 4 heterocycles. The molecule has 7 rings (SSSR count). The molecule has 2 aliphatic rings. The van der Waals surface area contributed by atoms with Gasteiger partial charge in [0.05, 0.1) is 41.0 Å². The first-order valence-corrected chi connectivity index (χ1v) is 21.2. The van der Waals surface area contributed by atoms with Gasteiger partial charge < -0.3 is 19.0 Å². The molecule has 292 valence electrons. The SMILES string of the molecule is CC(c1ccc(OC(F)F)nc1)N1C[C@@H](CO[Si](c2ccccc2)(c2ccccc2)C(C)(C)C)n2nc3c(c2C1=O)CN(C(=O)c1ccc(Cl)c(Cl)c1)[C@H](C)C3. The average molecular weight is 819 g/mol. The highest BCUT2D eigenvalue weighted by molar-refractivity contribution is 6.99. The lowest BCUT2D eigenvalue weighted by Crippen LogP contribution is -2.67. The summed E-state index contributed by atoms with van der Waals surface area (Å²) in [6.07, 6.45) is 1.88. The van der Waals surface area contributed by atoms with E-state index in [4.69, 9.17) is 32.7 Å². The highest BCUT2D eigenvalue weighted by Gasteiger charge is 2.51. The van der Waals surface area contributed by atoms with Gasteiger partial charge in [-0.2, -0.15) is 13.9 Å². The molecule has 56 heavy (non-hydrogen) atoms. The molecular weight excluding hydrogens is 775 g/mol. The molecule has 3 aromatic carbocycles. The van der Waals surface area contributed by atoms with Crippen LogP contribution in [-0.2, 0) is 17.4 Å². The Kier molecular flexibility index (Phi) is 11.1. The first kappa shape index (κ1) is 39.6. The van der Waals surface area contributed by atoms with E-state index in [0.717, 1.165) is 16.1 Å². The summed E-state index contributed by atoms with van der Waals surface area (Å²) in [5.41, 5.74) is 2.84. The topological polar surface area (TPSA) is 89.8 Å². The van der Waals surface area contributed by atoms with E-state index in [1.165, 1.54) is 12.3 Å². The molecule has 0 spiro atoms. The quantitative estimate of drug-likeness (QED) is 0.132. The van der Waals surface area contributed by atoms with E-state index in [2.05, 4.69) is 54.8 Å². The first-order valence-electron chi connectivity index (χ1n) is 18.5. The van der Waals surface area contributed by atoms with Crippen LogP contribution in [0.2, 0.25) is 15.1 Å². The van der Waals surface area contributed by atoms with E-state index in [0.29, 0.717) is 33.8 Å². The van der Waals surface area contributed by atoms with E-state index < -0.39 is 27.0 Å². The highest BCUT2D eigenvalue weighted by Crippen LogP contribution is 2.40. The number of pyridine rings is 1. The van der Waals surface area contributed by atoms with Gasteiger partial charge in [0, 0.05) is 42.4 Å². The molecule has 1 unspecified atom stereocenters. The van der Waals surface area contributed by atoms with Crippen molar-refractivity contribution in [2.24, 2.45) is 0 Å². The fourth-order valence-electron chi connectivity index (χ4n) is 8.06. The normalized spacial score (nSPS) is 17.8. The minimum Gasteiger partial charge on any atom is -0.417 e. The molecule has 0 radical (unpaired) electrons. The number of ether oxygens (including phenoxy) is 1. The van der Waals surface area contributed by atoms with Gasteiger partial charge in [0.25, 0.3) is 20.1 Å².